The van der Waals surface area contributed by atoms with Gasteiger partial charge in [-0.1, -0.05) is 48.5 Å². The quantitative estimate of drug-likeness (QED) is 0.814. The van der Waals surface area contributed by atoms with E-state index in [0.29, 0.717) is 32.7 Å². The highest BCUT2D eigenvalue weighted by Crippen LogP contribution is 2.10. The van der Waals surface area contributed by atoms with Gasteiger partial charge in [0.15, 0.2) is 0 Å². The molecule has 0 radical (unpaired) electrons. The molecular weight excluding hydrogens is 276 g/mol. The van der Waals surface area contributed by atoms with Gasteiger partial charge in [-0.25, -0.2) is 0 Å². The first-order valence-electron chi connectivity index (χ1n) is 7.49. The Morgan fingerprint density at radius 2 is 1.64 bits per heavy atom. The molecule has 0 aliphatic carbocycles. The summed E-state index contributed by atoms with van der Waals surface area (Å²) in [6.07, 6.45) is 0.349. The zero-order chi connectivity index (χ0) is 15.6. The van der Waals surface area contributed by atoms with Gasteiger partial charge in [0.1, 0.15) is 5.75 Å². The summed E-state index contributed by atoms with van der Waals surface area (Å²) in [4.78, 5) is 14.1. The number of amides is 1. The molecule has 0 aliphatic rings. The third-order valence-electron chi connectivity index (χ3n) is 3.30. The van der Waals surface area contributed by atoms with Gasteiger partial charge >= 0.3 is 0 Å². The largest absolute Gasteiger partial charge is 0.493 e. The summed E-state index contributed by atoms with van der Waals surface area (Å²) in [5.41, 5.74) is 6.72. The molecule has 0 saturated heterocycles. The first kappa shape index (κ1) is 16.0. The van der Waals surface area contributed by atoms with Gasteiger partial charge in [0.2, 0.25) is 5.91 Å². The topological polar surface area (TPSA) is 55.6 Å². The summed E-state index contributed by atoms with van der Waals surface area (Å²) < 4.78 is 5.58. The maximum absolute atomic E-state index is 12.3. The lowest BCUT2D eigenvalue weighted by molar-refractivity contribution is -0.132. The molecular formula is C18H22N2O2. The molecule has 2 N–H and O–H groups in total. The zero-order valence-corrected chi connectivity index (χ0v) is 12.7. The average Bonchev–Trinajstić information content (AvgIpc) is 2.56. The van der Waals surface area contributed by atoms with Crippen molar-refractivity contribution in [3.05, 3.63) is 66.2 Å². The molecule has 22 heavy (non-hydrogen) atoms. The van der Waals surface area contributed by atoms with E-state index in [-0.39, 0.29) is 5.91 Å². The van der Waals surface area contributed by atoms with E-state index in [4.69, 9.17) is 10.5 Å². The lowest BCUT2D eigenvalue weighted by Gasteiger charge is -2.22. The fourth-order valence-electron chi connectivity index (χ4n) is 2.18. The Morgan fingerprint density at radius 3 is 2.27 bits per heavy atom. The number of carbonyl (C=O) groups is 1. The van der Waals surface area contributed by atoms with E-state index in [9.17, 15) is 4.79 Å². The summed E-state index contributed by atoms with van der Waals surface area (Å²) in [5, 5.41) is 0. The number of nitrogens with zero attached hydrogens (tertiary/aromatic N) is 1. The number of hydrogen-bond donors (Lipinski definition) is 1. The number of hydrogen-bond acceptors (Lipinski definition) is 3. The van der Waals surface area contributed by atoms with Crippen LogP contribution in [0.5, 0.6) is 5.75 Å². The van der Waals surface area contributed by atoms with Crippen molar-refractivity contribution in [1.29, 1.82) is 0 Å². The molecule has 0 atom stereocenters. The van der Waals surface area contributed by atoms with Gasteiger partial charge in [0.25, 0.3) is 0 Å². The van der Waals surface area contributed by atoms with Crippen LogP contribution >= 0.6 is 0 Å². The van der Waals surface area contributed by atoms with Gasteiger partial charge in [0, 0.05) is 19.6 Å². The number of rotatable bonds is 8. The van der Waals surface area contributed by atoms with E-state index in [0.717, 1.165) is 11.3 Å². The van der Waals surface area contributed by atoms with Crippen molar-refractivity contribution in [2.24, 2.45) is 5.73 Å². The van der Waals surface area contributed by atoms with Crippen LogP contribution in [-0.2, 0) is 11.3 Å². The molecule has 0 unspecified atom stereocenters. The molecule has 0 aromatic heterocycles. The average molecular weight is 298 g/mol. The van der Waals surface area contributed by atoms with Gasteiger partial charge < -0.3 is 15.4 Å². The second-order valence-corrected chi connectivity index (χ2v) is 5.00. The molecule has 0 heterocycles. The highest BCUT2D eigenvalue weighted by atomic mass is 16.5. The van der Waals surface area contributed by atoms with Gasteiger partial charge in [-0.3, -0.25) is 4.79 Å². The maximum atomic E-state index is 12.3. The van der Waals surface area contributed by atoms with E-state index < -0.39 is 0 Å². The van der Waals surface area contributed by atoms with Crippen LogP contribution in [0.3, 0.4) is 0 Å². The highest BCUT2D eigenvalue weighted by molar-refractivity contribution is 5.76. The van der Waals surface area contributed by atoms with Crippen molar-refractivity contribution >= 4 is 5.91 Å². The van der Waals surface area contributed by atoms with Crippen LogP contribution in [0.4, 0.5) is 0 Å². The number of ether oxygens (including phenoxy) is 1. The number of benzene rings is 2. The lowest BCUT2D eigenvalue weighted by Crippen LogP contribution is -2.35. The fourth-order valence-corrected chi connectivity index (χ4v) is 2.18. The van der Waals surface area contributed by atoms with E-state index in [1.54, 1.807) is 4.90 Å². The molecule has 0 spiro atoms. The monoisotopic (exact) mass is 298 g/mol. The van der Waals surface area contributed by atoms with Crippen molar-refractivity contribution in [1.82, 2.24) is 4.90 Å². The predicted octanol–water partition coefficient (Wildman–Crippen LogP) is 2.44. The Bertz CT molecular complexity index is 558. The summed E-state index contributed by atoms with van der Waals surface area (Å²) in [6, 6.07) is 19.4. The standard InChI is InChI=1S/C18H22N2O2/c19-12-13-20(15-16-7-3-1-4-8-16)18(21)11-14-22-17-9-5-2-6-10-17/h1-10H,11-15,19H2. The molecule has 4 nitrogen and oxygen atoms in total. The second-order valence-electron chi connectivity index (χ2n) is 5.00. The first-order valence-corrected chi connectivity index (χ1v) is 7.49. The maximum Gasteiger partial charge on any atom is 0.226 e. The SMILES string of the molecule is NCCN(Cc1ccccc1)C(=O)CCOc1ccccc1. The highest BCUT2D eigenvalue weighted by Gasteiger charge is 2.13. The van der Waals surface area contributed by atoms with E-state index in [1.807, 2.05) is 60.7 Å². The third-order valence-corrected chi connectivity index (χ3v) is 3.30. The molecule has 1 amide bonds. The molecule has 116 valence electrons. The number of carbonyl (C=O) groups excluding carboxylic acids is 1. The van der Waals surface area contributed by atoms with Crippen LogP contribution in [0.15, 0.2) is 60.7 Å². The van der Waals surface area contributed by atoms with Crippen LogP contribution < -0.4 is 10.5 Å². The minimum atomic E-state index is 0.0604. The van der Waals surface area contributed by atoms with Crippen molar-refractivity contribution < 1.29 is 9.53 Å². The molecule has 2 aromatic carbocycles. The van der Waals surface area contributed by atoms with Gasteiger partial charge in [0.05, 0.1) is 13.0 Å². The van der Waals surface area contributed by atoms with Gasteiger partial charge in [-0.2, -0.15) is 0 Å². The molecule has 2 rings (SSSR count). The Kier molecular flexibility index (Phi) is 6.45. The Labute approximate surface area is 131 Å². The fraction of sp³-hybridized carbons (Fsp3) is 0.278. The van der Waals surface area contributed by atoms with Gasteiger partial charge in [-0.15, -0.1) is 0 Å². The van der Waals surface area contributed by atoms with Crippen LogP contribution in [0.1, 0.15) is 12.0 Å². The van der Waals surface area contributed by atoms with Crippen LogP contribution in [0.25, 0.3) is 0 Å². The molecule has 0 saturated carbocycles. The van der Waals surface area contributed by atoms with Crippen LogP contribution in [0.2, 0.25) is 0 Å². The molecule has 0 bridgehead atoms. The van der Waals surface area contributed by atoms with E-state index in [1.165, 1.54) is 0 Å². The number of para-hydroxylation sites is 1. The van der Waals surface area contributed by atoms with Crippen molar-refractivity contribution in [3.63, 3.8) is 0 Å². The smallest absolute Gasteiger partial charge is 0.226 e. The summed E-state index contributed by atoms with van der Waals surface area (Å²) >= 11 is 0. The normalized spacial score (nSPS) is 10.2. The Balaban J connectivity index is 1.84. The summed E-state index contributed by atoms with van der Waals surface area (Å²) in [6.45, 7) is 1.97. The Hall–Kier alpha value is -2.33. The molecule has 4 heteroatoms. The molecule has 2 aromatic rings. The molecule has 0 fully saturated rings. The van der Waals surface area contributed by atoms with E-state index in [2.05, 4.69) is 0 Å². The minimum Gasteiger partial charge on any atom is -0.493 e. The lowest BCUT2D eigenvalue weighted by atomic mass is 10.2. The van der Waals surface area contributed by atoms with Gasteiger partial charge in [-0.05, 0) is 17.7 Å². The zero-order valence-electron chi connectivity index (χ0n) is 12.7. The second kappa shape index (κ2) is 8.85. The molecule has 0 aliphatic heterocycles. The van der Waals surface area contributed by atoms with Crippen molar-refractivity contribution in [3.8, 4) is 5.75 Å². The van der Waals surface area contributed by atoms with E-state index >= 15 is 0 Å². The number of nitrogens with two attached hydrogens (primary N) is 1. The van der Waals surface area contributed by atoms with Crippen molar-refractivity contribution in [2.45, 2.75) is 13.0 Å². The van der Waals surface area contributed by atoms with Crippen molar-refractivity contribution in [2.75, 3.05) is 19.7 Å². The van der Waals surface area contributed by atoms with Crippen LogP contribution in [-0.4, -0.2) is 30.5 Å². The summed E-state index contributed by atoms with van der Waals surface area (Å²) in [5.74, 6) is 0.842. The third kappa shape index (κ3) is 5.22. The first-order chi connectivity index (χ1) is 10.8. The summed E-state index contributed by atoms with van der Waals surface area (Å²) in [7, 11) is 0. The Morgan fingerprint density at radius 1 is 1.00 bits per heavy atom. The predicted molar refractivity (Wildman–Crippen MR) is 87.5 cm³/mol. The minimum absolute atomic E-state index is 0.0604. The van der Waals surface area contributed by atoms with Crippen LogP contribution in [0, 0.1) is 0 Å².